The number of nitrogens with zero attached hydrogens (tertiary/aromatic N) is 2. The van der Waals surface area contributed by atoms with Gasteiger partial charge >= 0.3 is 0 Å². The highest BCUT2D eigenvalue weighted by Crippen LogP contribution is 2.35. The van der Waals surface area contributed by atoms with Gasteiger partial charge in [-0.2, -0.15) is 5.26 Å². The van der Waals surface area contributed by atoms with E-state index in [1.165, 1.54) is 31.4 Å². The van der Waals surface area contributed by atoms with Crippen LogP contribution in [0.25, 0.3) is 0 Å². The molecule has 0 amide bonds. The highest BCUT2D eigenvalue weighted by molar-refractivity contribution is 5.74. The summed E-state index contributed by atoms with van der Waals surface area (Å²) in [6.07, 6.45) is 5.36. The van der Waals surface area contributed by atoms with Crippen LogP contribution in [0.1, 0.15) is 31.2 Å². The zero-order chi connectivity index (χ0) is 11.7. The van der Waals surface area contributed by atoms with Crippen molar-refractivity contribution in [2.75, 3.05) is 23.3 Å². The summed E-state index contributed by atoms with van der Waals surface area (Å²) in [5.74, 6) is 0. The molecule has 3 heteroatoms. The van der Waals surface area contributed by atoms with E-state index >= 15 is 0 Å². The summed E-state index contributed by atoms with van der Waals surface area (Å²) in [6.45, 7) is 2.07. The van der Waals surface area contributed by atoms with Gasteiger partial charge in [-0.05, 0) is 31.0 Å². The molecule has 3 nitrogen and oxygen atoms in total. The van der Waals surface area contributed by atoms with Crippen molar-refractivity contribution in [1.82, 2.24) is 0 Å². The molecule has 0 atom stereocenters. The average molecular weight is 227 g/mol. The molecule has 1 aromatic carbocycles. The van der Waals surface area contributed by atoms with Crippen molar-refractivity contribution in [3.8, 4) is 6.07 Å². The SMILES string of the molecule is N#Cc1ccc2c(c1)NCCN2C1CCCC1. The van der Waals surface area contributed by atoms with Crippen LogP contribution < -0.4 is 10.2 Å². The first-order chi connectivity index (χ1) is 8.38. The van der Waals surface area contributed by atoms with E-state index in [9.17, 15) is 0 Å². The molecule has 0 radical (unpaired) electrons. The third-order valence-corrected chi connectivity index (χ3v) is 3.87. The van der Waals surface area contributed by atoms with E-state index < -0.39 is 0 Å². The first kappa shape index (κ1) is 10.5. The molecule has 0 unspecified atom stereocenters. The fraction of sp³-hybridized carbons (Fsp3) is 0.500. The molecule has 1 aliphatic heterocycles. The van der Waals surface area contributed by atoms with Gasteiger partial charge in [0.15, 0.2) is 0 Å². The standard InChI is InChI=1S/C14H17N3/c15-10-11-5-6-14-13(9-11)16-7-8-17(14)12-3-1-2-4-12/h5-6,9,12,16H,1-4,7-8H2. The monoisotopic (exact) mass is 227 g/mol. The van der Waals surface area contributed by atoms with E-state index in [4.69, 9.17) is 5.26 Å². The van der Waals surface area contributed by atoms with Crippen LogP contribution in [0.15, 0.2) is 18.2 Å². The normalized spacial score (nSPS) is 19.6. The maximum Gasteiger partial charge on any atom is 0.0992 e. The Kier molecular flexibility index (Phi) is 2.64. The molecular formula is C14H17N3. The number of anilines is 2. The van der Waals surface area contributed by atoms with Crippen LogP contribution in [0, 0.1) is 11.3 Å². The van der Waals surface area contributed by atoms with E-state index in [1.54, 1.807) is 0 Å². The van der Waals surface area contributed by atoms with Crippen molar-refractivity contribution in [2.24, 2.45) is 0 Å². The number of fused-ring (bicyclic) bond motifs is 1. The van der Waals surface area contributed by atoms with Crippen LogP contribution in [0.5, 0.6) is 0 Å². The van der Waals surface area contributed by atoms with Gasteiger partial charge in [-0.1, -0.05) is 12.8 Å². The van der Waals surface area contributed by atoms with Crippen LogP contribution in [0.2, 0.25) is 0 Å². The zero-order valence-electron chi connectivity index (χ0n) is 9.95. The Hall–Kier alpha value is -1.69. The lowest BCUT2D eigenvalue weighted by molar-refractivity contribution is 0.606. The Morgan fingerprint density at radius 2 is 2.12 bits per heavy atom. The van der Waals surface area contributed by atoms with Crippen molar-refractivity contribution in [2.45, 2.75) is 31.7 Å². The number of benzene rings is 1. The van der Waals surface area contributed by atoms with E-state index in [1.807, 2.05) is 12.1 Å². The lowest BCUT2D eigenvalue weighted by Gasteiger charge is -2.36. The fourth-order valence-electron chi connectivity index (χ4n) is 3.02. The molecule has 0 bridgehead atoms. The van der Waals surface area contributed by atoms with E-state index in [0.29, 0.717) is 6.04 Å². The molecule has 1 aromatic rings. The first-order valence-corrected chi connectivity index (χ1v) is 6.43. The van der Waals surface area contributed by atoms with Crippen LogP contribution in [0.4, 0.5) is 11.4 Å². The summed E-state index contributed by atoms with van der Waals surface area (Å²) in [7, 11) is 0. The molecule has 1 aliphatic carbocycles. The maximum absolute atomic E-state index is 8.93. The molecule has 1 fully saturated rings. The number of hydrogen-bond donors (Lipinski definition) is 1. The largest absolute Gasteiger partial charge is 0.382 e. The molecule has 88 valence electrons. The highest BCUT2D eigenvalue weighted by atomic mass is 15.2. The second-order valence-electron chi connectivity index (χ2n) is 4.90. The van der Waals surface area contributed by atoms with Gasteiger partial charge in [0.1, 0.15) is 0 Å². The minimum atomic E-state index is 0.712. The fourth-order valence-corrected chi connectivity index (χ4v) is 3.02. The smallest absolute Gasteiger partial charge is 0.0992 e. The summed E-state index contributed by atoms with van der Waals surface area (Å²) < 4.78 is 0. The summed E-state index contributed by atoms with van der Waals surface area (Å²) in [5, 5.41) is 12.3. The molecule has 0 spiro atoms. The van der Waals surface area contributed by atoms with Crippen molar-refractivity contribution in [1.29, 1.82) is 5.26 Å². The molecule has 1 heterocycles. The van der Waals surface area contributed by atoms with E-state index in [-0.39, 0.29) is 0 Å². The minimum absolute atomic E-state index is 0.712. The highest BCUT2D eigenvalue weighted by Gasteiger charge is 2.26. The topological polar surface area (TPSA) is 39.1 Å². The van der Waals surface area contributed by atoms with Crippen molar-refractivity contribution in [3.63, 3.8) is 0 Å². The molecule has 0 saturated heterocycles. The molecule has 17 heavy (non-hydrogen) atoms. The van der Waals surface area contributed by atoms with Gasteiger partial charge in [-0.15, -0.1) is 0 Å². The number of rotatable bonds is 1. The Balaban J connectivity index is 1.94. The molecule has 3 rings (SSSR count). The third-order valence-electron chi connectivity index (χ3n) is 3.87. The van der Waals surface area contributed by atoms with Crippen LogP contribution >= 0.6 is 0 Å². The minimum Gasteiger partial charge on any atom is -0.382 e. The van der Waals surface area contributed by atoms with Crippen molar-refractivity contribution < 1.29 is 0 Å². The summed E-state index contributed by atoms with van der Waals surface area (Å²) in [4.78, 5) is 2.53. The second-order valence-corrected chi connectivity index (χ2v) is 4.90. The lowest BCUT2D eigenvalue weighted by atomic mass is 10.1. The summed E-state index contributed by atoms with van der Waals surface area (Å²) in [5.41, 5.74) is 3.15. The first-order valence-electron chi connectivity index (χ1n) is 6.43. The Morgan fingerprint density at radius 3 is 2.88 bits per heavy atom. The molecule has 0 aromatic heterocycles. The second kappa shape index (κ2) is 4.29. The quantitative estimate of drug-likeness (QED) is 0.801. The number of nitrogens with one attached hydrogen (secondary N) is 1. The van der Waals surface area contributed by atoms with Crippen LogP contribution in [-0.2, 0) is 0 Å². The summed E-state index contributed by atoms with van der Waals surface area (Å²) in [6, 6.07) is 8.90. The zero-order valence-corrected chi connectivity index (χ0v) is 9.95. The summed E-state index contributed by atoms with van der Waals surface area (Å²) >= 11 is 0. The average Bonchev–Trinajstić information content (AvgIpc) is 2.91. The number of nitriles is 1. The van der Waals surface area contributed by atoms with E-state index in [2.05, 4.69) is 22.4 Å². The number of hydrogen-bond acceptors (Lipinski definition) is 3. The molecule has 2 aliphatic rings. The van der Waals surface area contributed by atoms with Gasteiger partial charge in [0, 0.05) is 19.1 Å². The molecular weight excluding hydrogens is 210 g/mol. The maximum atomic E-state index is 8.93. The van der Waals surface area contributed by atoms with Gasteiger partial charge in [-0.25, -0.2) is 0 Å². The van der Waals surface area contributed by atoms with Gasteiger partial charge in [-0.3, -0.25) is 0 Å². The molecule has 1 saturated carbocycles. The molecule has 1 N–H and O–H groups in total. The lowest BCUT2D eigenvalue weighted by Crippen LogP contribution is -2.40. The third kappa shape index (κ3) is 1.84. The van der Waals surface area contributed by atoms with Gasteiger partial charge in [0.05, 0.1) is 23.0 Å². The van der Waals surface area contributed by atoms with Crippen LogP contribution in [-0.4, -0.2) is 19.1 Å². The van der Waals surface area contributed by atoms with Crippen LogP contribution in [0.3, 0.4) is 0 Å². The van der Waals surface area contributed by atoms with Crippen molar-refractivity contribution in [3.05, 3.63) is 23.8 Å². The predicted octanol–water partition coefficient (Wildman–Crippen LogP) is 2.73. The Labute approximate surface area is 102 Å². The van der Waals surface area contributed by atoms with Crippen molar-refractivity contribution >= 4 is 11.4 Å². The van der Waals surface area contributed by atoms with Gasteiger partial charge in [0.25, 0.3) is 0 Å². The van der Waals surface area contributed by atoms with Gasteiger partial charge < -0.3 is 10.2 Å². The Morgan fingerprint density at radius 1 is 1.29 bits per heavy atom. The predicted molar refractivity (Wildman–Crippen MR) is 69.2 cm³/mol. The van der Waals surface area contributed by atoms with E-state index in [0.717, 1.165) is 24.3 Å². The Bertz CT molecular complexity index is 455. The van der Waals surface area contributed by atoms with Gasteiger partial charge in [0.2, 0.25) is 0 Å².